The normalized spacial score (nSPS) is 20.2. The topological polar surface area (TPSA) is 69.1 Å². The zero-order valence-electron chi connectivity index (χ0n) is 10.7. The predicted octanol–water partition coefficient (Wildman–Crippen LogP) is 3.56. The lowest BCUT2D eigenvalue weighted by atomic mass is 10.1. The molecule has 0 aliphatic carbocycles. The van der Waals surface area contributed by atoms with Crippen molar-refractivity contribution >= 4 is 17.5 Å². The van der Waals surface area contributed by atoms with Crippen molar-refractivity contribution in [2.24, 2.45) is 11.0 Å². The van der Waals surface area contributed by atoms with Gasteiger partial charge in [-0.05, 0) is 30.0 Å². The third kappa shape index (κ3) is 3.00. The molecule has 19 heavy (non-hydrogen) atoms. The SMILES string of the molecule is CC(c1ccccc1Cl)N1CC(CN=[N+]=[N-])CC1=O. The summed E-state index contributed by atoms with van der Waals surface area (Å²) in [5.74, 6) is 0.193. The van der Waals surface area contributed by atoms with Crippen molar-refractivity contribution in [2.75, 3.05) is 13.1 Å². The van der Waals surface area contributed by atoms with E-state index in [9.17, 15) is 4.79 Å². The summed E-state index contributed by atoms with van der Waals surface area (Å²) in [4.78, 5) is 16.6. The summed E-state index contributed by atoms with van der Waals surface area (Å²) in [7, 11) is 0. The Kier molecular flexibility index (Phi) is 4.30. The minimum Gasteiger partial charge on any atom is -0.336 e. The number of azide groups is 1. The second kappa shape index (κ2) is 5.95. The molecule has 0 N–H and O–H groups in total. The number of halogens is 1. The molecule has 0 aromatic heterocycles. The van der Waals surface area contributed by atoms with Crippen molar-refractivity contribution in [3.63, 3.8) is 0 Å². The Morgan fingerprint density at radius 2 is 2.32 bits per heavy atom. The first-order chi connectivity index (χ1) is 9.13. The standard InChI is InChI=1S/C13H15ClN4O/c1-9(11-4-2-3-5-12(11)14)18-8-10(6-13(18)19)7-16-17-15/h2-5,9-10H,6-8H2,1H3. The van der Waals surface area contributed by atoms with Crippen LogP contribution in [-0.2, 0) is 4.79 Å². The van der Waals surface area contributed by atoms with Crippen LogP contribution in [0.15, 0.2) is 29.4 Å². The van der Waals surface area contributed by atoms with E-state index in [1.165, 1.54) is 0 Å². The fourth-order valence-corrected chi connectivity index (χ4v) is 2.73. The zero-order chi connectivity index (χ0) is 13.8. The summed E-state index contributed by atoms with van der Waals surface area (Å²) in [5, 5.41) is 4.22. The van der Waals surface area contributed by atoms with Crippen LogP contribution < -0.4 is 0 Å². The quantitative estimate of drug-likeness (QED) is 0.471. The van der Waals surface area contributed by atoms with Gasteiger partial charge in [-0.1, -0.05) is 34.9 Å². The largest absolute Gasteiger partial charge is 0.336 e. The first-order valence-corrected chi connectivity index (χ1v) is 6.56. The summed E-state index contributed by atoms with van der Waals surface area (Å²) in [5.41, 5.74) is 9.27. The molecular formula is C13H15ClN4O. The minimum absolute atomic E-state index is 0.0581. The Morgan fingerprint density at radius 1 is 1.58 bits per heavy atom. The monoisotopic (exact) mass is 278 g/mol. The van der Waals surface area contributed by atoms with Crippen LogP contribution in [-0.4, -0.2) is 23.9 Å². The number of hydrogen-bond acceptors (Lipinski definition) is 2. The van der Waals surface area contributed by atoms with E-state index in [1.54, 1.807) is 4.90 Å². The van der Waals surface area contributed by atoms with Crippen molar-refractivity contribution < 1.29 is 4.79 Å². The third-order valence-electron chi connectivity index (χ3n) is 3.46. The molecule has 0 bridgehead atoms. The first kappa shape index (κ1) is 13.7. The van der Waals surface area contributed by atoms with Gasteiger partial charge in [0.1, 0.15) is 0 Å². The van der Waals surface area contributed by atoms with Crippen LogP contribution in [0.4, 0.5) is 0 Å². The predicted molar refractivity (Wildman–Crippen MR) is 73.7 cm³/mol. The maximum absolute atomic E-state index is 12.0. The molecule has 1 aliphatic rings. The molecule has 1 saturated heterocycles. The second-order valence-electron chi connectivity index (χ2n) is 4.73. The lowest BCUT2D eigenvalue weighted by molar-refractivity contribution is -0.129. The maximum Gasteiger partial charge on any atom is 0.223 e. The van der Waals surface area contributed by atoms with Crippen LogP contribution in [0.25, 0.3) is 10.4 Å². The van der Waals surface area contributed by atoms with E-state index in [-0.39, 0.29) is 17.9 Å². The van der Waals surface area contributed by atoms with E-state index >= 15 is 0 Å². The summed E-state index contributed by atoms with van der Waals surface area (Å²) < 4.78 is 0. The molecule has 1 amide bonds. The van der Waals surface area contributed by atoms with Gasteiger partial charge in [-0.3, -0.25) is 4.79 Å². The van der Waals surface area contributed by atoms with Crippen LogP contribution in [0.5, 0.6) is 0 Å². The maximum atomic E-state index is 12.0. The summed E-state index contributed by atoms with van der Waals surface area (Å²) in [6.45, 7) is 2.95. The molecule has 6 heteroatoms. The molecule has 0 saturated carbocycles. The van der Waals surface area contributed by atoms with Crippen molar-refractivity contribution in [1.82, 2.24) is 4.90 Å². The number of carbonyl (C=O) groups is 1. The van der Waals surface area contributed by atoms with Crippen molar-refractivity contribution in [3.8, 4) is 0 Å². The van der Waals surface area contributed by atoms with Crippen molar-refractivity contribution in [3.05, 3.63) is 45.3 Å². The van der Waals surface area contributed by atoms with Gasteiger partial charge in [0.25, 0.3) is 0 Å². The number of hydrogen-bond donors (Lipinski definition) is 0. The van der Waals surface area contributed by atoms with Gasteiger partial charge in [-0.15, -0.1) is 0 Å². The molecule has 5 nitrogen and oxygen atoms in total. The summed E-state index contributed by atoms with van der Waals surface area (Å²) >= 11 is 6.16. The van der Waals surface area contributed by atoms with Gasteiger partial charge in [-0.2, -0.15) is 0 Å². The summed E-state index contributed by atoms with van der Waals surface area (Å²) in [6, 6.07) is 7.48. The lowest BCUT2D eigenvalue weighted by Crippen LogP contribution is -2.28. The van der Waals surface area contributed by atoms with Crippen molar-refractivity contribution in [1.29, 1.82) is 0 Å². The van der Waals surface area contributed by atoms with Gasteiger partial charge in [0.2, 0.25) is 5.91 Å². The highest BCUT2D eigenvalue weighted by Gasteiger charge is 2.33. The highest BCUT2D eigenvalue weighted by molar-refractivity contribution is 6.31. The highest BCUT2D eigenvalue weighted by atomic mass is 35.5. The van der Waals surface area contributed by atoms with E-state index in [1.807, 2.05) is 31.2 Å². The van der Waals surface area contributed by atoms with Crippen LogP contribution in [0.1, 0.15) is 24.9 Å². The fraction of sp³-hybridized carbons (Fsp3) is 0.462. The molecule has 1 aromatic rings. The molecule has 1 heterocycles. The molecule has 2 atom stereocenters. The molecular weight excluding hydrogens is 264 g/mol. The molecule has 0 spiro atoms. The van der Waals surface area contributed by atoms with Gasteiger partial charge < -0.3 is 4.90 Å². The fourth-order valence-electron chi connectivity index (χ4n) is 2.44. The van der Waals surface area contributed by atoms with E-state index in [0.29, 0.717) is 24.5 Å². The molecule has 1 aromatic carbocycles. The first-order valence-electron chi connectivity index (χ1n) is 6.18. The lowest BCUT2D eigenvalue weighted by Gasteiger charge is -2.25. The number of carbonyl (C=O) groups excluding carboxylic acids is 1. The van der Waals surface area contributed by atoms with E-state index < -0.39 is 0 Å². The van der Waals surface area contributed by atoms with Crippen molar-refractivity contribution in [2.45, 2.75) is 19.4 Å². The van der Waals surface area contributed by atoms with Gasteiger partial charge in [0.15, 0.2) is 0 Å². The molecule has 2 rings (SSSR count). The minimum atomic E-state index is -0.0581. The Labute approximate surface area is 116 Å². The average molecular weight is 279 g/mol. The Hall–Kier alpha value is -1.71. The van der Waals surface area contributed by atoms with Crippen LogP contribution in [0, 0.1) is 5.92 Å². The molecule has 100 valence electrons. The Morgan fingerprint density at radius 3 is 3.00 bits per heavy atom. The number of rotatable bonds is 4. The van der Waals surface area contributed by atoms with Gasteiger partial charge in [0, 0.05) is 29.4 Å². The van der Waals surface area contributed by atoms with E-state index in [2.05, 4.69) is 10.0 Å². The number of likely N-dealkylation sites (tertiary alicyclic amines) is 1. The zero-order valence-corrected chi connectivity index (χ0v) is 11.4. The Bertz CT molecular complexity index is 527. The molecule has 0 radical (unpaired) electrons. The second-order valence-corrected chi connectivity index (χ2v) is 5.13. The molecule has 1 aliphatic heterocycles. The van der Waals surface area contributed by atoms with Gasteiger partial charge in [-0.25, -0.2) is 0 Å². The van der Waals surface area contributed by atoms with E-state index in [4.69, 9.17) is 17.1 Å². The molecule has 2 unspecified atom stereocenters. The van der Waals surface area contributed by atoms with Gasteiger partial charge >= 0.3 is 0 Å². The van der Waals surface area contributed by atoms with Gasteiger partial charge in [0.05, 0.1) is 6.04 Å². The highest BCUT2D eigenvalue weighted by Crippen LogP contribution is 2.32. The van der Waals surface area contributed by atoms with Crippen LogP contribution in [0.3, 0.4) is 0 Å². The summed E-state index contributed by atoms with van der Waals surface area (Å²) in [6.07, 6.45) is 0.438. The third-order valence-corrected chi connectivity index (χ3v) is 3.81. The smallest absolute Gasteiger partial charge is 0.223 e. The number of nitrogens with zero attached hydrogens (tertiary/aromatic N) is 4. The molecule has 1 fully saturated rings. The van der Waals surface area contributed by atoms with E-state index in [0.717, 1.165) is 5.56 Å². The number of amides is 1. The number of benzene rings is 1. The average Bonchev–Trinajstić information content (AvgIpc) is 2.77. The Balaban J connectivity index is 2.12. The van der Waals surface area contributed by atoms with Crippen LogP contribution >= 0.6 is 11.6 Å². The van der Waals surface area contributed by atoms with Crippen LogP contribution in [0.2, 0.25) is 5.02 Å².